The van der Waals surface area contributed by atoms with Crippen molar-refractivity contribution >= 4 is 0 Å². The van der Waals surface area contributed by atoms with E-state index >= 15 is 0 Å². The molecule has 5 heteroatoms. The molecule has 0 amide bonds. The molecule has 0 radical (unpaired) electrons. The largest absolute Gasteiger partial charge is 0.396 e. The average molecular weight is 363 g/mol. The Kier molecular flexibility index (Phi) is 10.7. The van der Waals surface area contributed by atoms with Crippen molar-refractivity contribution in [3.05, 3.63) is 0 Å². The van der Waals surface area contributed by atoms with Crippen LogP contribution < -0.4 is 0 Å². The fourth-order valence-electron chi connectivity index (χ4n) is 2.97. The van der Waals surface area contributed by atoms with Crippen LogP contribution in [0.1, 0.15) is 74.1 Å². The summed E-state index contributed by atoms with van der Waals surface area (Å²) in [6.07, 6.45) is 2.73. The monoisotopic (exact) mass is 362 g/mol. The van der Waals surface area contributed by atoms with E-state index in [1.807, 2.05) is 20.8 Å². The highest BCUT2D eigenvalue weighted by atomic mass is 16.5. The fourth-order valence-corrected chi connectivity index (χ4v) is 2.97. The van der Waals surface area contributed by atoms with E-state index in [1.54, 1.807) is 13.8 Å². The van der Waals surface area contributed by atoms with Crippen LogP contribution in [-0.4, -0.2) is 59.1 Å². The SMILES string of the molecule is CCC(CO)(CO)CC(C)(C)OCC(CC(C)C)OCCC(C)(C)O. The standard InChI is InChI=1S/C20H42O5/c1-8-20(14-21,15-22)13-19(6,7)25-12-17(11-16(2)3)24-10-9-18(4,5)23/h16-17,21-23H,8-15H2,1-7H3. The maximum absolute atomic E-state index is 9.82. The molecule has 152 valence electrons. The van der Waals surface area contributed by atoms with Gasteiger partial charge in [0.05, 0.1) is 37.1 Å². The minimum absolute atomic E-state index is 0.0269. The Morgan fingerprint density at radius 3 is 1.96 bits per heavy atom. The van der Waals surface area contributed by atoms with Crippen molar-refractivity contribution in [2.45, 2.75) is 91.5 Å². The Morgan fingerprint density at radius 2 is 1.56 bits per heavy atom. The van der Waals surface area contributed by atoms with E-state index in [0.717, 1.165) is 6.42 Å². The van der Waals surface area contributed by atoms with Crippen molar-refractivity contribution in [1.29, 1.82) is 0 Å². The molecule has 0 aliphatic carbocycles. The molecule has 0 aromatic rings. The van der Waals surface area contributed by atoms with Gasteiger partial charge in [0.1, 0.15) is 0 Å². The second-order valence-electron chi connectivity index (χ2n) is 9.10. The molecule has 0 spiro atoms. The summed E-state index contributed by atoms with van der Waals surface area (Å²) < 4.78 is 12.1. The molecule has 0 aliphatic rings. The quantitative estimate of drug-likeness (QED) is 0.442. The van der Waals surface area contributed by atoms with Gasteiger partial charge in [0.25, 0.3) is 0 Å². The molecule has 3 N–H and O–H groups in total. The van der Waals surface area contributed by atoms with E-state index in [-0.39, 0.29) is 19.3 Å². The Bertz CT molecular complexity index is 334. The summed E-state index contributed by atoms with van der Waals surface area (Å²) in [5.41, 5.74) is -1.71. The highest BCUT2D eigenvalue weighted by Crippen LogP contribution is 2.33. The molecule has 0 fully saturated rings. The first kappa shape index (κ1) is 24.8. The summed E-state index contributed by atoms with van der Waals surface area (Å²) in [6.45, 7) is 14.7. The van der Waals surface area contributed by atoms with Crippen LogP contribution in [0.3, 0.4) is 0 Å². The molecule has 0 rings (SSSR count). The number of aliphatic hydroxyl groups is 3. The molecule has 25 heavy (non-hydrogen) atoms. The number of rotatable bonds is 14. The maximum atomic E-state index is 9.82. The normalized spacial score (nSPS) is 15.0. The smallest absolute Gasteiger partial charge is 0.0811 e. The van der Waals surface area contributed by atoms with Gasteiger partial charge in [-0.2, -0.15) is 0 Å². The van der Waals surface area contributed by atoms with Gasteiger partial charge in [-0.1, -0.05) is 20.8 Å². The molecule has 1 unspecified atom stereocenters. The zero-order valence-electron chi connectivity index (χ0n) is 17.5. The first-order valence-corrected chi connectivity index (χ1v) is 9.58. The zero-order chi connectivity index (χ0) is 19.7. The van der Waals surface area contributed by atoms with Gasteiger partial charge >= 0.3 is 0 Å². The molecular formula is C20H42O5. The van der Waals surface area contributed by atoms with Gasteiger partial charge in [-0.3, -0.25) is 0 Å². The van der Waals surface area contributed by atoms with Crippen LogP contribution >= 0.6 is 0 Å². The van der Waals surface area contributed by atoms with E-state index in [4.69, 9.17) is 9.47 Å². The van der Waals surface area contributed by atoms with Crippen molar-refractivity contribution in [3.63, 3.8) is 0 Å². The van der Waals surface area contributed by atoms with E-state index in [0.29, 0.717) is 38.4 Å². The summed E-state index contributed by atoms with van der Waals surface area (Å²) in [5, 5.41) is 29.2. The average Bonchev–Trinajstić information content (AvgIpc) is 2.48. The Labute approximate surface area is 154 Å². The van der Waals surface area contributed by atoms with Gasteiger partial charge in [0, 0.05) is 12.0 Å². The fraction of sp³-hybridized carbons (Fsp3) is 1.00. The molecule has 0 heterocycles. The molecule has 0 bridgehead atoms. The summed E-state index contributed by atoms with van der Waals surface area (Å²) in [7, 11) is 0. The zero-order valence-corrected chi connectivity index (χ0v) is 17.5. The topological polar surface area (TPSA) is 79.2 Å². The minimum atomic E-state index is -0.731. The van der Waals surface area contributed by atoms with Gasteiger partial charge in [0.2, 0.25) is 0 Å². The summed E-state index contributed by atoms with van der Waals surface area (Å²) in [6, 6.07) is 0. The summed E-state index contributed by atoms with van der Waals surface area (Å²) in [5.74, 6) is 0.489. The van der Waals surface area contributed by atoms with Crippen molar-refractivity contribution in [1.82, 2.24) is 0 Å². The lowest BCUT2D eigenvalue weighted by molar-refractivity contribution is -0.117. The van der Waals surface area contributed by atoms with Crippen LogP contribution in [0.2, 0.25) is 0 Å². The van der Waals surface area contributed by atoms with E-state index in [2.05, 4.69) is 13.8 Å². The van der Waals surface area contributed by atoms with Gasteiger partial charge in [-0.15, -0.1) is 0 Å². The highest BCUT2D eigenvalue weighted by Gasteiger charge is 2.35. The second-order valence-corrected chi connectivity index (χ2v) is 9.10. The Balaban J connectivity index is 4.67. The van der Waals surface area contributed by atoms with Gasteiger partial charge in [-0.05, 0) is 59.3 Å². The predicted octanol–water partition coefficient (Wildman–Crippen LogP) is 3.15. The highest BCUT2D eigenvalue weighted by molar-refractivity contribution is 4.85. The number of hydrogen-bond donors (Lipinski definition) is 3. The molecular weight excluding hydrogens is 320 g/mol. The van der Waals surface area contributed by atoms with E-state index in [1.165, 1.54) is 0 Å². The third-order valence-corrected chi connectivity index (χ3v) is 4.68. The van der Waals surface area contributed by atoms with E-state index in [9.17, 15) is 15.3 Å². The van der Waals surface area contributed by atoms with Crippen LogP contribution in [0.5, 0.6) is 0 Å². The van der Waals surface area contributed by atoms with Gasteiger partial charge in [0.15, 0.2) is 0 Å². The lowest BCUT2D eigenvalue weighted by Crippen LogP contribution is -2.41. The molecule has 0 aliphatic heterocycles. The first-order chi connectivity index (χ1) is 11.4. The molecule has 0 saturated carbocycles. The maximum Gasteiger partial charge on any atom is 0.0811 e. The van der Waals surface area contributed by atoms with Crippen molar-refractivity contribution in [3.8, 4) is 0 Å². The Hall–Kier alpha value is -0.200. The number of ether oxygens (including phenoxy) is 2. The third-order valence-electron chi connectivity index (χ3n) is 4.68. The van der Waals surface area contributed by atoms with Crippen LogP contribution in [0.25, 0.3) is 0 Å². The van der Waals surface area contributed by atoms with Crippen molar-refractivity contribution in [2.75, 3.05) is 26.4 Å². The van der Waals surface area contributed by atoms with Crippen molar-refractivity contribution in [2.24, 2.45) is 11.3 Å². The number of aliphatic hydroxyl groups excluding tert-OH is 2. The summed E-state index contributed by atoms with van der Waals surface area (Å²) in [4.78, 5) is 0. The Morgan fingerprint density at radius 1 is 1.00 bits per heavy atom. The molecule has 1 atom stereocenters. The minimum Gasteiger partial charge on any atom is -0.396 e. The summed E-state index contributed by atoms with van der Waals surface area (Å²) >= 11 is 0. The predicted molar refractivity (Wildman–Crippen MR) is 102 cm³/mol. The molecule has 0 aromatic heterocycles. The first-order valence-electron chi connectivity index (χ1n) is 9.58. The van der Waals surface area contributed by atoms with Gasteiger partial charge in [-0.25, -0.2) is 0 Å². The lowest BCUT2D eigenvalue weighted by atomic mass is 9.77. The third kappa shape index (κ3) is 11.2. The van der Waals surface area contributed by atoms with Crippen LogP contribution in [0, 0.1) is 11.3 Å². The van der Waals surface area contributed by atoms with Crippen molar-refractivity contribution < 1.29 is 24.8 Å². The molecule has 0 saturated heterocycles. The molecule has 0 aromatic carbocycles. The second kappa shape index (κ2) is 10.8. The van der Waals surface area contributed by atoms with Crippen LogP contribution in [0.4, 0.5) is 0 Å². The van der Waals surface area contributed by atoms with Crippen LogP contribution in [-0.2, 0) is 9.47 Å². The lowest BCUT2D eigenvalue weighted by Gasteiger charge is -2.38. The molecule has 5 nitrogen and oxygen atoms in total. The van der Waals surface area contributed by atoms with E-state index < -0.39 is 16.6 Å². The van der Waals surface area contributed by atoms with Crippen LogP contribution in [0.15, 0.2) is 0 Å². The number of hydrogen-bond acceptors (Lipinski definition) is 5. The van der Waals surface area contributed by atoms with Gasteiger partial charge < -0.3 is 24.8 Å².